The van der Waals surface area contributed by atoms with Crippen molar-refractivity contribution in [3.8, 4) is 0 Å². The minimum Gasteiger partial charge on any atom is -0.321 e. The number of nitrogens with two attached hydrogens (primary N) is 1. The van der Waals surface area contributed by atoms with Gasteiger partial charge in [-0.3, -0.25) is 0 Å². The fraction of sp³-hybridized carbons (Fsp3) is 0.200. The molecule has 100 valence electrons. The van der Waals surface area contributed by atoms with Crippen LogP contribution in [0, 0.1) is 5.82 Å². The highest BCUT2D eigenvalue weighted by molar-refractivity contribution is 9.10. The van der Waals surface area contributed by atoms with Gasteiger partial charge in [0, 0.05) is 15.0 Å². The Hall–Kier alpha value is -0.900. The molecule has 2 N–H and O–H groups in total. The van der Waals surface area contributed by atoms with Crippen molar-refractivity contribution in [3.05, 3.63) is 68.9 Å². The molecule has 1 nitrogen and oxygen atoms in total. The fourth-order valence-corrected chi connectivity index (χ4v) is 3.03. The lowest BCUT2D eigenvalue weighted by Gasteiger charge is -2.27. The van der Waals surface area contributed by atoms with Crippen LogP contribution in [0.3, 0.4) is 0 Å². The van der Waals surface area contributed by atoms with Gasteiger partial charge in [0.05, 0.1) is 0 Å². The lowest BCUT2D eigenvalue weighted by Crippen LogP contribution is -2.36. The standard InChI is InChI=1S/C15H14BrClFN/c1-15(19,12-4-2-3-5-13(12)16)9-10-8-11(17)6-7-14(10)18/h2-8H,9,19H2,1H3. The fourth-order valence-electron chi connectivity index (χ4n) is 2.09. The predicted molar refractivity (Wildman–Crippen MR) is 80.8 cm³/mol. The molecule has 0 radical (unpaired) electrons. The minimum absolute atomic E-state index is 0.284. The van der Waals surface area contributed by atoms with Crippen LogP contribution in [0.2, 0.25) is 5.02 Å². The summed E-state index contributed by atoms with van der Waals surface area (Å²) in [6.45, 7) is 1.88. The van der Waals surface area contributed by atoms with Crippen LogP contribution in [-0.4, -0.2) is 0 Å². The quantitative estimate of drug-likeness (QED) is 0.862. The van der Waals surface area contributed by atoms with Gasteiger partial charge in [-0.1, -0.05) is 45.7 Å². The van der Waals surface area contributed by atoms with Gasteiger partial charge in [-0.05, 0) is 48.7 Å². The van der Waals surface area contributed by atoms with Crippen molar-refractivity contribution in [2.75, 3.05) is 0 Å². The molecular formula is C15H14BrClFN. The normalized spacial score (nSPS) is 14.2. The predicted octanol–water partition coefficient (Wildman–Crippen LogP) is 4.66. The first-order valence-corrected chi connectivity index (χ1v) is 7.05. The van der Waals surface area contributed by atoms with E-state index < -0.39 is 5.54 Å². The molecule has 4 heteroatoms. The monoisotopic (exact) mass is 341 g/mol. The molecule has 19 heavy (non-hydrogen) atoms. The Labute approximate surface area is 125 Å². The SMILES string of the molecule is CC(N)(Cc1cc(Cl)ccc1F)c1ccccc1Br. The second-order valence-electron chi connectivity index (χ2n) is 4.81. The highest BCUT2D eigenvalue weighted by atomic mass is 79.9. The van der Waals surface area contributed by atoms with E-state index in [2.05, 4.69) is 15.9 Å². The molecule has 0 aliphatic carbocycles. The molecule has 2 rings (SSSR count). The molecule has 0 aliphatic rings. The Balaban J connectivity index is 2.36. The molecule has 0 amide bonds. The summed E-state index contributed by atoms with van der Waals surface area (Å²) in [5.74, 6) is -0.284. The summed E-state index contributed by atoms with van der Waals surface area (Å²) in [6.07, 6.45) is 0.377. The molecule has 0 saturated heterocycles. The summed E-state index contributed by atoms with van der Waals surface area (Å²) in [6, 6.07) is 12.2. The summed E-state index contributed by atoms with van der Waals surface area (Å²) in [7, 11) is 0. The lowest BCUT2D eigenvalue weighted by molar-refractivity contribution is 0.473. The maximum Gasteiger partial charge on any atom is 0.126 e. The smallest absolute Gasteiger partial charge is 0.126 e. The molecule has 0 spiro atoms. The Bertz CT molecular complexity index is 598. The van der Waals surface area contributed by atoms with Crippen LogP contribution in [0.25, 0.3) is 0 Å². The van der Waals surface area contributed by atoms with E-state index in [4.69, 9.17) is 17.3 Å². The molecule has 1 unspecified atom stereocenters. The first-order valence-electron chi connectivity index (χ1n) is 5.88. The van der Waals surface area contributed by atoms with Crippen molar-refractivity contribution in [3.63, 3.8) is 0 Å². The van der Waals surface area contributed by atoms with Crippen LogP contribution >= 0.6 is 27.5 Å². The van der Waals surface area contributed by atoms with Crippen molar-refractivity contribution in [2.45, 2.75) is 18.9 Å². The topological polar surface area (TPSA) is 26.0 Å². The van der Waals surface area contributed by atoms with Gasteiger partial charge >= 0.3 is 0 Å². The zero-order valence-corrected chi connectivity index (χ0v) is 12.8. The summed E-state index contributed by atoms with van der Waals surface area (Å²) >= 11 is 9.38. The minimum atomic E-state index is -0.675. The van der Waals surface area contributed by atoms with E-state index in [1.165, 1.54) is 12.1 Å². The summed E-state index contributed by atoms with van der Waals surface area (Å²) in [5, 5.41) is 0.513. The van der Waals surface area contributed by atoms with Gasteiger partial charge in [0.2, 0.25) is 0 Å². The van der Waals surface area contributed by atoms with Crippen LogP contribution in [-0.2, 0) is 12.0 Å². The Kier molecular flexibility index (Phi) is 4.29. The Morgan fingerprint density at radius 2 is 1.95 bits per heavy atom. The van der Waals surface area contributed by atoms with Crippen molar-refractivity contribution in [1.29, 1.82) is 0 Å². The van der Waals surface area contributed by atoms with Crippen LogP contribution in [0.4, 0.5) is 4.39 Å². The van der Waals surface area contributed by atoms with E-state index in [0.29, 0.717) is 17.0 Å². The summed E-state index contributed by atoms with van der Waals surface area (Å²) in [5.41, 5.74) is 7.14. The average Bonchev–Trinajstić information content (AvgIpc) is 2.34. The number of benzene rings is 2. The number of rotatable bonds is 3. The number of halogens is 3. The largest absolute Gasteiger partial charge is 0.321 e. The number of hydrogen-bond acceptors (Lipinski definition) is 1. The third-order valence-electron chi connectivity index (χ3n) is 3.05. The van der Waals surface area contributed by atoms with Crippen LogP contribution < -0.4 is 5.73 Å². The third-order valence-corrected chi connectivity index (χ3v) is 3.98. The molecule has 0 fully saturated rings. The zero-order chi connectivity index (χ0) is 14.0. The van der Waals surface area contributed by atoms with Gasteiger partial charge in [0.25, 0.3) is 0 Å². The van der Waals surface area contributed by atoms with Crippen LogP contribution in [0.15, 0.2) is 46.9 Å². The van der Waals surface area contributed by atoms with E-state index in [9.17, 15) is 4.39 Å². The van der Waals surface area contributed by atoms with Crippen molar-refractivity contribution in [1.82, 2.24) is 0 Å². The van der Waals surface area contributed by atoms with Crippen molar-refractivity contribution < 1.29 is 4.39 Å². The second kappa shape index (κ2) is 5.61. The van der Waals surface area contributed by atoms with E-state index in [-0.39, 0.29) is 5.82 Å². The average molecular weight is 343 g/mol. The molecule has 0 aromatic heterocycles. The van der Waals surface area contributed by atoms with E-state index in [1.807, 2.05) is 31.2 Å². The molecule has 2 aromatic rings. The van der Waals surface area contributed by atoms with Crippen LogP contribution in [0.5, 0.6) is 0 Å². The van der Waals surface area contributed by atoms with Gasteiger partial charge < -0.3 is 5.73 Å². The first kappa shape index (κ1) is 14.5. The molecule has 0 bridgehead atoms. The van der Waals surface area contributed by atoms with E-state index >= 15 is 0 Å². The molecule has 0 aliphatic heterocycles. The van der Waals surface area contributed by atoms with Gasteiger partial charge in [0.1, 0.15) is 5.82 Å². The second-order valence-corrected chi connectivity index (χ2v) is 6.10. The zero-order valence-electron chi connectivity index (χ0n) is 10.5. The van der Waals surface area contributed by atoms with E-state index in [0.717, 1.165) is 10.0 Å². The lowest BCUT2D eigenvalue weighted by atomic mass is 9.86. The Morgan fingerprint density at radius 1 is 1.26 bits per heavy atom. The molecule has 0 heterocycles. The van der Waals surface area contributed by atoms with Gasteiger partial charge in [-0.15, -0.1) is 0 Å². The van der Waals surface area contributed by atoms with Crippen molar-refractivity contribution in [2.24, 2.45) is 5.73 Å². The molecule has 2 aromatic carbocycles. The van der Waals surface area contributed by atoms with Gasteiger partial charge in [-0.25, -0.2) is 4.39 Å². The maximum atomic E-state index is 13.8. The Morgan fingerprint density at radius 3 is 2.63 bits per heavy atom. The molecular weight excluding hydrogens is 329 g/mol. The summed E-state index contributed by atoms with van der Waals surface area (Å²) in [4.78, 5) is 0. The van der Waals surface area contributed by atoms with Crippen LogP contribution in [0.1, 0.15) is 18.1 Å². The highest BCUT2D eigenvalue weighted by Crippen LogP contribution is 2.30. The highest BCUT2D eigenvalue weighted by Gasteiger charge is 2.25. The van der Waals surface area contributed by atoms with Crippen molar-refractivity contribution >= 4 is 27.5 Å². The molecule has 1 atom stereocenters. The van der Waals surface area contributed by atoms with E-state index in [1.54, 1.807) is 6.07 Å². The van der Waals surface area contributed by atoms with Gasteiger partial charge in [-0.2, -0.15) is 0 Å². The third kappa shape index (κ3) is 3.35. The first-order chi connectivity index (χ1) is 8.90. The summed E-state index contributed by atoms with van der Waals surface area (Å²) < 4.78 is 14.7. The van der Waals surface area contributed by atoms with Gasteiger partial charge in [0.15, 0.2) is 0 Å². The maximum absolute atomic E-state index is 13.8. The molecule has 0 saturated carbocycles. The number of hydrogen-bond donors (Lipinski definition) is 1.